The number of halogens is 1. The Balaban J connectivity index is 3.01. The zero-order valence-corrected chi connectivity index (χ0v) is 10.9. The lowest BCUT2D eigenvalue weighted by Gasteiger charge is -2.31. The van der Waals surface area contributed by atoms with Crippen LogP contribution in [0.3, 0.4) is 0 Å². The normalized spacial score (nSPS) is 12.3. The molecule has 19 heavy (non-hydrogen) atoms. The highest BCUT2D eigenvalue weighted by Gasteiger charge is 2.33. The van der Waals surface area contributed by atoms with E-state index in [1.165, 1.54) is 6.20 Å². The summed E-state index contributed by atoms with van der Waals surface area (Å²) in [5.74, 6) is -1.22. The fraction of sp³-hybridized carbons (Fsp3) is 0.417. The molecule has 1 aromatic rings. The summed E-state index contributed by atoms with van der Waals surface area (Å²) in [6.45, 7) is 3.59. The molecule has 1 amide bonds. The molecule has 0 atom stereocenters. The first-order chi connectivity index (χ1) is 8.99. The van der Waals surface area contributed by atoms with E-state index in [4.69, 9.17) is 10.9 Å². The predicted octanol–water partition coefficient (Wildman–Crippen LogP) is 1.26. The van der Waals surface area contributed by atoms with Crippen molar-refractivity contribution < 1.29 is 14.4 Å². The molecule has 4 N–H and O–H groups in total. The van der Waals surface area contributed by atoms with E-state index in [-0.39, 0.29) is 11.4 Å². The van der Waals surface area contributed by atoms with Crippen molar-refractivity contribution >= 4 is 11.7 Å². The Labute approximate surface area is 110 Å². The topological polar surface area (TPSA) is 101 Å². The maximum absolute atomic E-state index is 13.0. The van der Waals surface area contributed by atoms with Crippen LogP contribution in [0.1, 0.15) is 37.0 Å². The van der Waals surface area contributed by atoms with E-state index in [9.17, 15) is 9.18 Å². The molecule has 0 aliphatic rings. The van der Waals surface area contributed by atoms with Crippen LogP contribution in [0.25, 0.3) is 0 Å². The lowest BCUT2D eigenvalue weighted by molar-refractivity contribution is 0.0917. The molecule has 1 rings (SSSR count). The fourth-order valence-corrected chi connectivity index (χ4v) is 1.77. The maximum atomic E-state index is 13.0. The van der Waals surface area contributed by atoms with Crippen molar-refractivity contribution in [2.75, 3.05) is 0 Å². The van der Waals surface area contributed by atoms with E-state index < -0.39 is 17.3 Å². The third kappa shape index (κ3) is 3.18. The number of carbonyl (C=O) groups is 1. The highest BCUT2D eigenvalue weighted by Crippen LogP contribution is 2.16. The lowest BCUT2D eigenvalue weighted by Crippen LogP contribution is -2.56. The molecule has 0 spiro atoms. The molecule has 6 nitrogen and oxygen atoms in total. The second kappa shape index (κ2) is 6.12. The van der Waals surface area contributed by atoms with Gasteiger partial charge in [0.15, 0.2) is 5.84 Å². The van der Waals surface area contributed by atoms with Gasteiger partial charge in [0, 0.05) is 6.20 Å². The average molecular weight is 268 g/mol. The van der Waals surface area contributed by atoms with Gasteiger partial charge in [0.25, 0.3) is 5.91 Å². The van der Waals surface area contributed by atoms with Crippen LogP contribution < -0.4 is 11.1 Å². The molecule has 0 aromatic carbocycles. The Hall–Kier alpha value is -2.18. The van der Waals surface area contributed by atoms with Crippen molar-refractivity contribution in [2.24, 2.45) is 10.9 Å². The molecule has 7 heteroatoms. The number of hydrogen-bond donors (Lipinski definition) is 3. The molecule has 0 aliphatic carbocycles. The van der Waals surface area contributed by atoms with Crippen LogP contribution in [0.2, 0.25) is 0 Å². The Morgan fingerprint density at radius 2 is 2.16 bits per heavy atom. The van der Waals surface area contributed by atoms with Crippen molar-refractivity contribution in [3.8, 4) is 0 Å². The van der Waals surface area contributed by atoms with E-state index in [1.54, 1.807) is 13.8 Å². The number of nitrogens with two attached hydrogens (primary N) is 1. The Bertz CT molecular complexity index is 486. The molecule has 0 radical (unpaired) electrons. The third-order valence-electron chi connectivity index (χ3n) is 3.13. The first-order valence-corrected chi connectivity index (χ1v) is 5.90. The Morgan fingerprint density at radius 1 is 1.53 bits per heavy atom. The summed E-state index contributed by atoms with van der Waals surface area (Å²) < 4.78 is 13.0. The van der Waals surface area contributed by atoms with Crippen LogP contribution in [-0.4, -0.2) is 27.5 Å². The zero-order chi connectivity index (χ0) is 14.5. The zero-order valence-electron chi connectivity index (χ0n) is 10.9. The van der Waals surface area contributed by atoms with Crippen molar-refractivity contribution in [3.63, 3.8) is 0 Å². The van der Waals surface area contributed by atoms with Crippen LogP contribution in [0.4, 0.5) is 4.39 Å². The number of nitrogens with zero attached hydrogens (tertiary/aromatic N) is 2. The van der Waals surface area contributed by atoms with E-state index in [0.29, 0.717) is 12.8 Å². The highest BCUT2D eigenvalue weighted by molar-refractivity contribution is 6.00. The number of amides is 1. The van der Waals surface area contributed by atoms with E-state index in [1.807, 2.05) is 0 Å². The van der Waals surface area contributed by atoms with Crippen molar-refractivity contribution in [1.29, 1.82) is 0 Å². The van der Waals surface area contributed by atoms with Crippen LogP contribution >= 0.6 is 0 Å². The van der Waals surface area contributed by atoms with Gasteiger partial charge in [-0.2, -0.15) is 0 Å². The van der Waals surface area contributed by atoms with Gasteiger partial charge in [0.2, 0.25) is 0 Å². The number of carbonyl (C=O) groups excluding carboxylic acids is 1. The minimum absolute atomic E-state index is 0.0806. The second-order valence-corrected chi connectivity index (χ2v) is 4.12. The van der Waals surface area contributed by atoms with Crippen LogP contribution in [0.15, 0.2) is 23.6 Å². The lowest BCUT2D eigenvalue weighted by atomic mass is 9.91. The summed E-state index contributed by atoms with van der Waals surface area (Å²) in [5.41, 5.74) is 4.75. The summed E-state index contributed by atoms with van der Waals surface area (Å²) in [5, 5.41) is 14.4. The van der Waals surface area contributed by atoms with Crippen molar-refractivity contribution in [1.82, 2.24) is 10.3 Å². The quantitative estimate of drug-likeness (QED) is 0.324. The standard InChI is InChI=1S/C12H17FN4O2/c1-3-12(4-2,11(14)17-19)16-10(18)8-5-9(13)7-15-6-8/h5-7,19H,3-4H2,1-2H3,(H2,14,17)(H,16,18). The Kier molecular flexibility index (Phi) is 4.80. The molecule has 1 heterocycles. The monoisotopic (exact) mass is 268 g/mol. The van der Waals surface area contributed by atoms with Gasteiger partial charge in [-0.25, -0.2) is 4.39 Å². The molecular formula is C12H17FN4O2. The van der Waals surface area contributed by atoms with Gasteiger partial charge >= 0.3 is 0 Å². The second-order valence-electron chi connectivity index (χ2n) is 4.12. The molecule has 0 aliphatic heterocycles. The summed E-state index contributed by atoms with van der Waals surface area (Å²) in [7, 11) is 0. The molecule has 1 aromatic heterocycles. The summed E-state index contributed by atoms with van der Waals surface area (Å²) in [6, 6.07) is 1.07. The number of nitrogens with one attached hydrogen (secondary N) is 1. The van der Waals surface area contributed by atoms with Gasteiger partial charge in [-0.15, -0.1) is 0 Å². The van der Waals surface area contributed by atoms with Gasteiger partial charge in [0.1, 0.15) is 11.4 Å². The van der Waals surface area contributed by atoms with Crippen LogP contribution in [0, 0.1) is 5.82 Å². The van der Waals surface area contributed by atoms with Gasteiger partial charge < -0.3 is 16.3 Å². The largest absolute Gasteiger partial charge is 0.409 e. The number of aromatic nitrogens is 1. The fourth-order valence-electron chi connectivity index (χ4n) is 1.77. The minimum Gasteiger partial charge on any atom is -0.409 e. The van der Waals surface area contributed by atoms with Gasteiger partial charge in [-0.1, -0.05) is 19.0 Å². The number of rotatable bonds is 5. The smallest absolute Gasteiger partial charge is 0.253 e. The molecule has 0 unspecified atom stereocenters. The molecule has 104 valence electrons. The van der Waals surface area contributed by atoms with Crippen LogP contribution in [0.5, 0.6) is 0 Å². The first kappa shape index (κ1) is 14.9. The van der Waals surface area contributed by atoms with Gasteiger partial charge in [-0.05, 0) is 18.9 Å². The average Bonchev–Trinajstić information content (AvgIpc) is 2.43. The number of pyridine rings is 1. The molecule has 0 saturated heterocycles. The SMILES string of the molecule is CCC(CC)(NC(=O)c1cncc(F)c1)/C(N)=N/O. The summed E-state index contributed by atoms with van der Waals surface area (Å²) >= 11 is 0. The highest BCUT2D eigenvalue weighted by atomic mass is 19.1. The predicted molar refractivity (Wildman–Crippen MR) is 68.4 cm³/mol. The van der Waals surface area contributed by atoms with E-state index in [0.717, 1.165) is 12.3 Å². The van der Waals surface area contributed by atoms with E-state index >= 15 is 0 Å². The first-order valence-electron chi connectivity index (χ1n) is 5.90. The van der Waals surface area contributed by atoms with Crippen molar-refractivity contribution in [3.05, 3.63) is 29.8 Å². The molecular weight excluding hydrogens is 251 g/mol. The molecule has 0 bridgehead atoms. The third-order valence-corrected chi connectivity index (χ3v) is 3.13. The molecule has 0 saturated carbocycles. The summed E-state index contributed by atoms with van der Waals surface area (Å²) in [6.07, 6.45) is 3.13. The minimum atomic E-state index is -0.960. The van der Waals surface area contributed by atoms with E-state index in [2.05, 4.69) is 15.5 Å². The number of oxime groups is 1. The Morgan fingerprint density at radius 3 is 2.63 bits per heavy atom. The van der Waals surface area contributed by atoms with Crippen LogP contribution in [-0.2, 0) is 0 Å². The van der Waals surface area contributed by atoms with Gasteiger partial charge in [-0.3, -0.25) is 9.78 Å². The maximum Gasteiger partial charge on any atom is 0.253 e. The number of amidine groups is 1. The molecule has 0 fully saturated rings. The summed E-state index contributed by atoms with van der Waals surface area (Å²) in [4.78, 5) is 15.6. The van der Waals surface area contributed by atoms with Crippen molar-refractivity contribution in [2.45, 2.75) is 32.2 Å². The number of hydrogen-bond acceptors (Lipinski definition) is 4. The van der Waals surface area contributed by atoms with Gasteiger partial charge in [0.05, 0.1) is 11.8 Å².